The van der Waals surface area contributed by atoms with E-state index < -0.39 is 5.91 Å². The van der Waals surface area contributed by atoms with Crippen LogP contribution in [0.2, 0.25) is 0 Å². The van der Waals surface area contributed by atoms with E-state index in [0.29, 0.717) is 23.7 Å². The van der Waals surface area contributed by atoms with Crippen molar-refractivity contribution < 1.29 is 14.3 Å². The minimum atomic E-state index is -0.407. The maximum Gasteiger partial charge on any atom is 0.276 e. The molecule has 0 aliphatic carbocycles. The number of hydrogen-bond acceptors (Lipinski definition) is 5. The van der Waals surface area contributed by atoms with Gasteiger partial charge in [0.1, 0.15) is 17.2 Å². The molecule has 2 rings (SSSR count). The summed E-state index contributed by atoms with van der Waals surface area (Å²) in [5, 5.41) is 6.85. The smallest absolute Gasteiger partial charge is 0.276 e. The highest BCUT2D eigenvalue weighted by Crippen LogP contribution is 2.25. The van der Waals surface area contributed by atoms with Crippen molar-refractivity contribution in [2.75, 3.05) is 19.5 Å². The van der Waals surface area contributed by atoms with Crippen LogP contribution in [0.5, 0.6) is 11.5 Å². The number of methoxy groups -OCH3 is 2. The summed E-state index contributed by atoms with van der Waals surface area (Å²) in [6, 6.07) is 7.82. The van der Waals surface area contributed by atoms with E-state index in [-0.39, 0.29) is 11.3 Å². The van der Waals surface area contributed by atoms with Crippen molar-refractivity contribution in [3.8, 4) is 11.5 Å². The molecular formula is C17H21N3O4. The lowest BCUT2D eigenvalue weighted by Crippen LogP contribution is -2.26. The van der Waals surface area contributed by atoms with Gasteiger partial charge in [0, 0.05) is 36.5 Å². The highest BCUT2D eigenvalue weighted by Gasteiger charge is 2.11. The number of nitrogens with one attached hydrogen (secondary N) is 1. The zero-order valence-corrected chi connectivity index (χ0v) is 14.0. The van der Waals surface area contributed by atoms with Gasteiger partial charge in [0.25, 0.3) is 11.5 Å². The largest absolute Gasteiger partial charge is 0.497 e. The predicted molar refractivity (Wildman–Crippen MR) is 90.9 cm³/mol. The van der Waals surface area contributed by atoms with E-state index in [1.54, 1.807) is 18.2 Å². The Morgan fingerprint density at radius 2 is 1.83 bits per heavy atom. The van der Waals surface area contributed by atoms with Crippen LogP contribution in [0.15, 0.2) is 35.1 Å². The number of unbranched alkanes of at least 4 members (excludes halogenated alkanes) is 1. The summed E-state index contributed by atoms with van der Waals surface area (Å²) in [5.41, 5.74) is 0.472. The van der Waals surface area contributed by atoms with Crippen LogP contribution in [-0.2, 0) is 6.54 Å². The number of rotatable bonds is 7. The molecule has 7 nitrogen and oxygen atoms in total. The molecule has 0 spiro atoms. The van der Waals surface area contributed by atoms with Gasteiger partial charge in [0.15, 0.2) is 0 Å². The number of amides is 1. The van der Waals surface area contributed by atoms with Crippen LogP contribution >= 0.6 is 0 Å². The molecule has 1 N–H and O–H groups in total. The lowest BCUT2D eigenvalue weighted by molar-refractivity contribution is 0.101. The number of carbonyl (C=O) groups excluding carboxylic acids is 1. The average molecular weight is 331 g/mol. The lowest BCUT2D eigenvalue weighted by atomic mass is 10.2. The number of hydrogen-bond donors (Lipinski definition) is 1. The van der Waals surface area contributed by atoms with Gasteiger partial charge in [-0.3, -0.25) is 9.59 Å². The fourth-order valence-corrected chi connectivity index (χ4v) is 2.11. The summed E-state index contributed by atoms with van der Waals surface area (Å²) in [4.78, 5) is 24.1. The van der Waals surface area contributed by atoms with Gasteiger partial charge in [0.2, 0.25) is 0 Å². The number of aromatic nitrogens is 2. The summed E-state index contributed by atoms with van der Waals surface area (Å²) in [6.07, 6.45) is 1.76. The Bertz CT molecular complexity index is 748. The molecule has 1 aromatic heterocycles. The van der Waals surface area contributed by atoms with Gasteiger partial charge in [-0.25, -0.2) is 4.68 Å². The molecule has 0 aliphatic heterocycles. The number of aryl methyl sites for hydroxylation is 1. The Kier molecular flexibility index (Phi) is 5.95. The van der Waals surface area contributed by atoms with Crippen molar-refractivity contribution in [1.82, 2.24) is 9.78 Å². The van der Waals surface area contributed by atoms with Gasteiger partial charge < -0.3 is 14.8 Å². The Morgan fingerprint density at radius 3 is 2.42 bits per heavy atom. The Balaban J connectivity index is 2.22. The van der Waals surface area contributed by atoms with Crippen molar-refractivity contribution in [3.63, 3.8) is 0 Å². The molecule has 0 fully saturated rings. The molecule has 128 valence electrons. The van der Waals surface area contributed by atoms with Crippen LogP contribution < -0.4 is 20.3 Å². The van der Waals surface area contributed by atoms with Crippen LogP contribution in [0.1, 0.15) is 30.3 Å². The first-order chi connectivity index (χ1) is 11.6. The first kappa shape index (κ1) is 17.5. The van der Waals surface area contributed by atoms with Gasteiger partial charge in [0.05, 0.1) is 14.2 Å². The van der Waals surface area contributed by atoms with Crippen molar-refractivity contribution in [2.24, 2.45) is 0 Å². The Morgan fingerprint density at radius 1 is 1.17 bits per heavy atom. The number of benzene rings is 1. The topological polar surface area (TPSA) is 82.5 Å². The zero-order valence-electron chi connectivity index (χ0n) is 14.0. The lowest BCUT2D eigenvalue weighted by Gasteiger charge is -2.10. The van der Waals surface area contributed by atoms with E-state index in [4.69, 9.17) is 9.47 Å². The Hall–Kier alpha value is -2.83. The second kappa shape index (κ2) is 8.14. The summed E-state index contributed by atoms with van der Waals surface area (Å²) >= 11 is 0. The molecule has 2 aromatic rings. The maximum atomic E-state index is 12.4. The molecule has 0 atom stereocenters. The molecule has 1 amide bonds. The second-order valence-corrected chi connectivity index (χ2v) is 5.19. The maximum absolute atomic E-state index is 12.4. The number of ether oxygens (including phenoxy) is 2. The normalized spacial score (nSPS) is 10.3. The molecule has 0 saturated heterocycles. The van der Waals surface area contributed by atoms with Crippen LogP contribution in [0.3, 0.4) is 0 Å². The van der Waals surface area contributed by atoms with Crippen molar-refractivity contribution in [2.45, 2.75) is 26.3 Å². The molecule has 0 unspecified atom stereocenters. The standard InChI is InChI=1S/C17H21N3O4/c1-4-5-8-20-16(21)7-6-15(19-20)17(22)18-12-9-13(23-2)11-14(10-12)24-3/h6-7,9-11H,4-5,8H2,1-3H3,(H,18,22). The molecule has 1 aromatic carbocycles. The summed E-state index contributed by atoms with van der Waals surface area (Å²) in [5.74, 6) is 0.714. The van der Waals surface area contributed by atoms with E-state index in [1.165, 1.54) is 31.0 Å². The molecule has 24 heavy (non-hydrogen) atoms. The second-order valence-electron chi connectivity index (χ2n) is 5.19. The minimum Gasteiger partial charge on any atom is -0.497 e. The summed E-state index contributed by atoms with van der Waals surface area (Å²) in [7, 11) is 3.07. The van der Waals surface area contributed by atoms with Gasteiger partial charge in [-0.2, -0.15) is 5.10 Å². The third-order valence-corrected chi connectivity index (χ3v) is 3.43. The summed E-state index contributed by atoms with van der Waals surface area (Å²) < 4.78 is 11.7. The number of carbonyl (C=O) groups is 1. The van der Waals surface area contributed by atoms with Crippen LogP contribution in [0.25, 0.3) is 0 Å². The number of anilines is 1. The first-order valence-corrected chi connectivity index (χ1v) is 7.70. The van der Waals surface area contributed by atoms with E-state index in [1.807, 2.05) is 6.92 Å². The first-order valence-electron chi connectivity index (χ1n) is 7.70. The fraction of sp³-hybridized carbons (Fsp3) is 0.353. The Labute approximate surface area is 140 Å². The molecule has 7 heteroatoms. The van der Waals surface area contributed by atoms with Gasteiger partial charge in [-0.1, -0.05) is 13.3 Å². The monoisotopic (exact) mass is 331 g/mol. The quantitative estimate of drug-likeness (QED) is 0.842. The predicted octanol–water partition coefficient (Wildman–Crippen LogP) is 2.31. The zero-order chi connectivity index (χ0) is 17.5. The number of nitrogens with zero attached hydrogens (tertiary/aromatic N) is 2. The van der Waals surface area contributed by atoms with E-state index >= 15 is 0 Å². The molecule has 0 radical (unpaired) electrons. The molecular weight excluding hydrogens is 310 g/mol. The molecule has 0 aliphatic rings. The third kappa shape index (κ3) is 4.34. The average Bonchev–Trinajstić information content (AvgIpc) is 2.60. The van der Waals surface area contributed by atoms with Crippen molar-refractivity contribution in [1.29, 1.82) is 0 Å². The van der Waals surface area contributed by atoms with Gasteiger partial charge in [-0.15, -0.1) is 0 Å². The third-order valence-electron chi connectivity index (χ3n) is 3.43. The molecule has 0 bridgehead atoms. The van der Waals surface area contributed by atoms with Crippen molar-refractivity contribution >= 4 is 11.6 Å². The van der Waals surface area contributed by atoms with Crippen molar-refractivity contribution in [3.05, 3.63) is 46.4 Å². The highest BCUT2D eigenvalue weighted by atomic mass is 16.5. The van der Waals surface area contributed by atoms with Crippen LogP contribution in [-0.4, -0.2) is 29.9 Å². The van der Waals surface area contributed by atoms with Crippen LogP contribution in [0.4, 0.5) is 5.69 Å². The SMILES string of the molecule is CCCCn1nc(C(=O)Nc2cc(OC)cc(OC)c2)ccc1=O. The summed E-state index contributed by atoms with van der Waals surface area (Å²) in [6.45, 7) is 2.52. The molecule has 0 saturated carbocycles. The van der Waals surface area contributed by atoms with E-state index in [9.17, 15) is 9.59 Å². The van der Waals surface area contributed by atoms with E-state index in [2.05, 4.69) is 10.4 Å². The molecule has 1 heterocycles. The highest BCUT2D eigenvalue weighted by molar-refractivity contribution is 6.02. The van der Waals surface area contributed by atoms with Gasteiger partial charge >= 0.3 is 0 Å². The van der Waals surface area contributed by atoms with E-state index in [0.717, 1.165) is 12.8 Å². The van der Waals surface area contributed by atoms with Crippen LogP contribution in [0, 0.1) is 0 Å². The fourth-order valence-electron chi connectivity index (χ4n) is 2.11. The minimum absolute atomic E-state index is 0.174. The van der Waals surface area contributed by atoms with Gasteiger partial charge in [-0.05, 0) is 12.5 Å².